The predicted molar refractivity (Wildman–Crippen MR) is 79.1 cm³/mol. The van der Waals surface area contributed by atoms with E-state index in [0.717, 1.165) is 30.0 Å². The molecule has 5 atom stereocenters. The van der Waals surface area contributed by atoms with Gasteiger partial charge >= 0.3 is 0 Å². The Labute approximate surface area is 126 Å². The van der Waals surface area contributed by atoms with Crippen LogP contribution in [0.3, 0.4) is 0 Å². The lowest BCUT2D eigenvalue weighted by Gasteiger charge is -2.31. The van der Waals surface area contributed by atoms with E-state index in [1.54, 1.807) is 0 Å². The molecule has 3 fully saturated rings. The summed E-state index contributed by atoms with van der Waals surface area (Å²) in [5.74, 6) is 3.69. The van der Waals surface area contributed by atoms with E-state index in [4.69, 9.17) is 0 Å². The summed E-state index contributed by atoms with van der Waals surface area (Å²) in [5.41, 5.74) is 0. The summed E-state index contributed by atoms with van der Waals surface area (Å²) in [6, 6.07) is 0.132. The zero-order chi connectivity index (χ0) is 14.6. The monoisotopic (exact) mass is 309 g/mol. The van der Waals surface area contributed by atoms with Gasteiger partial charge in [0.15, 0.2) is 5.03 Å². The number of aryl methyl sites for hydroxylation is 1. The van der Waals surface area contributed by atoms with Crippen molar-refractivity contribution in [3.8, 4) is 0 Å². The van der Waals surface area contributed by atoms with Gasteiger partial charge in [-0.1, -0.05) is 13.3 Å². The Kier molecular flexibility index (Phi) is 3.15. The van der Waals surface area contributed by atoms with Crippen molar-refractivity contribution in [1.82, 2.24) is 14.7 Å². The Balaban J connectivity index is 1.51. The SMILES string of the molecule is CCc1ncc(S(=O)(=O)NC2CC3CC2C2CCCC32)[nH]1. The van der Waals surface area contributed by atoms with Crippen LogP contribution in [0, 0.1) is 23.7 Å². The molecule has 4 rings (SSSR count). The van der Waals surface area contributed by atoms with Crippen LogP contribution in [0.2, 0.25) is 0 Å². The second-order valence-corrected chi connectivity index (χ2v) is 8.61. The molecule has 0 amide bonds. The van der Waals surface area contributed by atoms with Crippen LogP contribution < -0.4 is 4.72 Å². The number of aromatic amines is 1. The molecule has 0 aromatic carbocycles. The molecule has 3 aliphatic rings. The summed E-state index contributed by atoms with van der Waals surface area (Å²) in [6.07, 6.45) is 8.41. The first-order chi connectivity index (χ1) is 10.1. The molecule has 21 heavy (non-hydrogen) atoms. The van der Waals surface area contributed by atoms with Crippen LogP contribution in [-0.4, -0.2) is 24.4 Å². The van der Waals surface area contributed by atoms with Gasteiger partial charge in [-0.05, 0) is 49.4 Å². The van der Waals surface area contributed by atoms with Crippen molar-refractivity contribution in [1.29, 1.82) is 0 Å². The molecule has 3 saturated carbocycles. The Morgan fingerprint density at radius 1 is 1.29 bits per heavy atom. The van der Waals surface area contributed by atoms with E-state index in [-0.39, 0.29) is 11.1 Å². The second-order valence-electron chi connectivity index (χ2n) is 6.93. The predicted octanol–water partition coefficient (Wildman–Crippen LogP) is 2.08. The average Bonchev–Trinajstić information content (AvgIpc) is 3.19. The first kappa shape index (κ1) is 13.8. The topological polar surface area (TPSA) is 74.8 Å². The fourth-order valence-corrected chi connectivity index (χ4v) is 6.37. The van der Waals surface area contributed by atoms with Gasteiger partial charge in [0.2, 0.25) is 0 Å². The van der Waals surface area contributed by atoms with Gasteiger partial charge in [-0.25, -0.2) is 18.1 Å². The Hall–Kier alpha value is -0.880. The van der Waals surface area contributed by atoms with Crippen molar-refractivity contribution >= 4 is 10.0 Å². The van der Waals surface area contributed by atoms with Crippen LogP contribution >= 0.6 is 0 Å². The number of H-pyrrole nitrogens is 1. The zero-order valence-corrected chi connectivity index (χ0v) is 13.2. The molecule has 0 spiro atoms. The van der Waals surface area contributed by atoms with Gasteiger partial charge < -0.3 is 4.98 Å². The standard InChI is InChI=1S/C15H23N3O2S/c1-2-14-16-8-15(17-14)21(19,20)18-13-7-9-6-12(13)11-5-3-4-10(9)11/h8-13,18H,2-7H2,1H3,(H,16,17). The smallest absolute Gasteiger partial charge is 0.257 e. The number of hydrogen-bond acceptors (Lipinski definition) is 3. The lowest BCUT2D eigenvalue weighted by Crippen LogP contribution is -2.42. The molecule has 3 aliphatic carbocycles. The van der Waals surface area contributed by atoms with Crippen LogP contribution in [0.5, 0.6) is 0 Å². The highest BCUT2D eigenvalue weighted by Crippen LogP contribution is 2.58. The molecule has 5 unspecified atom stereocenters. The Bertz CT molecular complexity index is 639. The number of rotatable bonds is 4. The van der Waals surface area contributed by atoms with Crippen molar-refractivity contribution in [2.75, 3.05) is 0 Å². The highest BCUT2D eigenvalue weighted by atomic mass is 32.2. The van der Waals surface area contributed by atoms with Crippen LogP contribution in [0.4, 0.5) is 0 Å². The van der Waals surface area contributed by atoms with Crippen molar-refractivity contribution in [2.24, 2.45) is 23.7 Å². The first-order valence-corrected chi connectivity index (χ1v) is 9.63. The van der Waals surface area contributed by atoms with E-state index in [0.29, 0.717) is 12.3 Å². The van der Waals surface area contributed by atoms with E-state index in [1.165, 1.54) is 31.9 Å². The van der Waals surface area contributed by atoms with Crippen LogP contribution in [0.15, 0.2) is 11.2 Å². The summed E-state index contributed by atoms with van der Waals surface area (Å²) < 4.78 is 28.0. The maximum absolute atomic E-state index is 12.5. The quantitative estimate of drug-likeness (QED) is 0.894. The van der Waals surface area contributed by atoms with Gasteiger partial charge in [-0.3, -0.25) is 0 Å². The maximum Gasteiger partial charge on any atom is 0.257 e. The van der Waals surface area contributed by atoms with Gasteiger partial charge in [-0.15, -0.1) is 0 Å². The van der Waals surface area contributed by atoms with Crippen LogP contribution in [0.25, 0.3) is 0 Å². The molecule has 0 radical (unpaired) electrons. The molecule has 5 nitrogen and oxygen atoms in total. The van der Waals surface area contributed by atoms with Crippen molar-refractivity contribution < 1.29 is 8.42 Å². The molecule has 0 saturated heterocycles. The normalized spacial score (nSPS) is 38.0. The summed E-state index contributed by atoms with van der Waals surface area (Å²) in [4.78, 5) is 7.01. The lowest BCUT2D eigenvalue weighted by atomic mass is 9.79. The molecule has 2 N–H and O–H groups in total. The molecule has 1 heterocycles. The number of fused-ring (bicyclic) bond motifs is 5. The number of nitrogens with zero attached hydrogens (tertiary/aromatic N) is 1. The average molecular weight is 309 g/mol. The third-order valence-corrected chi connectivity index (χ3v) is 7.36. The molecule has 1 aromatic rings. The number of imidazole rings is 1. The van der Waals surface area contributed by atoms with E-state index >= 15 is 0 Å². The fraction of sp³-hybridized carbons (Fsp3) is 0.800. The summed E-state index contributed by atoms with van der Waals surface area (Å²) in [7, 11) is -3.45. The summed E-state index contributed by atoms with van der Waals surface area (Å²) in [6.45, 7) is 1.96. The van der Waals surface area contributed by atoms with Crippen molar-refractivity contribution in [3.05, 3.63) is 12.0 Å². The van der Waals surface area contributed by atoms with E-state index in [2.05, 4.69) is 14.7 Å². The molecule has 116 valence electrons. The summed E-state index contributed by atoms with van der Waals surface area (Å²) in [5, 5.41) is 0.213. The minimum Gasteiger partial charge on any atom is -0.332 e. The van der Waals surface area contributed by atoms with Gasteiger partial charge in [-0.2, -0.15) is 0 Å². The third-order valence-electron chi connectivity index (χ3n) is 5.96. The molecular weight excluding hydrogens is 286 g/mol. The maximum atomic E-state index is 12.5. The largest absolute Gasteiger partial charge is 0.332 e. The summed E-state index contributed by atoms with van der Waals surface area (Å²) >= 11 is 0. The fourth-order valence-electron chi connectivity index (χ4n) is 5.13. The molecule has 1 aromatic heterocycles. The minimum atomic E-state index is -3.45. The Morgan fingerprint density at radius 3 is 2.86 bits per heavy atom. The second kappa shape index (κ2) is 4.81. The number of aromatic nitrogens is 2. The lowest BCUT2D eigenvalue weighted by molar-refractivity contribution is 0.224. The third kappa shape index (κ3) is 2.14. The van der Waals surface area contributed by atoms with E-state index in [9.17, 15) is 8.42 Å². The highest BCUT2D eigenvalue weighted by molar-refractivity contribution is 7.89. The first-order valence-electron chi connectivity index (χ1n) is 8.14. The van der Waals surface area contributed by atoms with E-state index in [1.807, 2.05) is 6.92 Å². The molecule has 0 aliphatic heterocycles. The van der Waals surface area contributed by atoms with Crippen LogP contribution in [0.1, 0.15) is 44.9 Å². The number of hydrogen-bond donors (Lipinski definition) is 2. The van der Waals surface area contributed by atoms with Gasteiger partial charge in [0, 0.05) is 12.5 Å². The zero-order valence-electron chi connectivity index (χ0n) is 12.4. The highest BCUT2D eigenvalue weighted by Gasteiger charge is 2.54. The minimum absolute atomic E-state index is 0.132. The molecule has 6 heteroatoms. The molecule has 2 bridgehead atoms. The van der Waals surface area contributed by atoms with Crippen molar-refractivity contribution in [2.45, 2.75) is 56.5 Å². The number of nitrogens with one attached hydrogen (secondary N) is 2. The Morgan fingerprint density at radius 2 is 2.10 bits per heavy atom. The van der Waals surface area contributed by atoms with Crippen molar-refractivity contribution in [3.63, 3.8) is 0 Å². The van der Waals surface area contributed by atoms with Crippen LogP contribution in [-0.2, 0) is 16.4 Å². The van der Waals surface area contributed by atoms with Gasteiger partial charge in [0.05, 0.1) is 6.20 Å². The van der Waals surface area contributed by atoms with E-state index < -0.39 is 10.0 Å². The molecular formula is C15H23N3O2S. The van der Waals surface area contributed by atoms with Gasteiger partial charge in [0.1, 0.15) is 5.82 Å². The van der Waals surface area contributed by atoms with Gasteiger partial charge in [0.25, 0.3) is 10.0 Å². The number of sulfonamides is 1.